The number of thiophene rings is 2. The van der Waals surface area contributed by atoms with Crippen molar-refractivity contribution in [2.45, 2.75) is 19.0 Å². The van der Waals surface area contributed by atoms with E-state index in [-0.39, 0.29) is 12.1 Å². The normalized spacial score (nSPS) is 12.9. The molecular weight excluding hydrogens is 274 g/mol. The zero-order valence-corrected chi connectivity index (χ0v) is 12.2. The van der Waals surface area contributed by atoms with Gasteiger partial charge in [-0.2, -0.15) is 0 Å². The van der Waals surface area contributed by atoms with Crippen LogP contribution in [-0.2, 0) is 0 Å². The summed E-state index contributed by atoms with van der Waals surface area (Å²) in [7, 11) is 0. The van der Waals surface area contributed by atoms with Gasteiger partial charge in [0.05, 0.1) is 12.1 Å². The number of imidazole rings is 1. The number of hydrogen-bond donors (Lipinski definition) is 2. The largest absolute Gasteiger partial charge is 0.347 e. The molecule has 3 aromatic heterocycles. The fourth-order valence-electron chi connectivity index (χ4n) is 2.06. The van der Waals surface area contributed by atoms with E-state index < -0.39 is 0 Å². The second-order valence-electron chi connectivity index (χ2n) is 4.33. The van der Waals surface area contributed by atoms with Crippen molar-refractivity contribution in [1.82, 2.24) is 15.3 Å². The average Bonchev–Trinajstić information content (AvgIpc) is 3.17. The molecule has 0 fully saturated rings. The lowest BCUT2D eigenvalue weighted by Gasteiger charge is -2.20. The Kier molecular flexibility index (Phi) is 3.77. The maximum Gasteiger partial charge on any atom is 0.122 e. The average molecular weight is 289 g/mol. The minimum absolute atomic E-state index is 0.184. The van der Waals surface area contributed by atoms with Gasteiger partial charge < -0.3 is 4.98 Å². The van der Waals surface area contributed by atoms with E-state index in [0.717, 1.165) is 5.82 Å². The first-order chi connectivity index (χ1) is 9.34. The van der Waals surface area contributed by atoms with Gasteiger partial charge in [0.15, 0.2) is 0 Å². The first-order valence-corrected chi connectivity index (χ1v) is 7.92. The molecule has 3 rings (SSSR count). The van der Waals surface area contributed by atoms with Gasteiger partial charge in [-0.1, -0.05) is 12.1 Å². The van der Waals surface area contributed by atoms with E-state index in [1.807, 2.05) is 6.20 Å². The molecule has 98 valence electrons. The quantitative estimate of drug-likeness (QED) is 0.746. The van der Waals surface area contributed by atoms with Crippen LogP contribution in [-0.4, -0.2) is 9.97 Å². The molecule has 5 heteroatoms. The van der Waals surface area contributed by atoms with Gasteiger partial charge in [-0.3, -0.25) is 5.32 Å². The van der Waals surface area contributed by atoms with Gasteiger partial charge in [0.25, 0.3) is 0 Å². The Balaban J connectivity index is 1.84. The van der Waals surface area contributed by atoms with E-state index in [2.05, 4.69) is 57.2 Å². The molecule has 2 N–H and O–H groups in total. The maximum absolute atomic E-state index is 4.32. The summed E-state index contributed by atoms with van der Waals surface area (Å²) in [5, 5.41) is 7.89. The molecule has 0 aliphatic rings. The highest BCUT2D eigenvalue weighted by atomic mass is 32.1. The number of H-pyrrole nitrogens is 1. The molecule has 0 saturated carbocycles. The molecule has 0 aliphatic heterocycles. The van der Waals surface area contributed by atoms with Gasteiger partial charge in [-0.05, 0) is 29.8 Å². The summed E-state index contributed by atoms with van der Waals surface area (Å²) in [5.74, 6) is 0.970. The Labute approximate surface area is 120 Å². The molecular formula is C14H15N3S2. The van der Waals surface area contributed by atoms with Gasteiger partial charge in [0.1, 0.15) is 5.82 Å². The van der Waals surface area contributed by atoms with Crippen molar-refractivity contribution < 1.29 is 0 Å². The second kappa shape index (κ2) is 5.69. The summed E-state index contributed by atoms with van der Waals surface area (Å²) >= 11 is 3.56. The summed E-state index contributed by atoms with van der Waals surface area (Å²) < 4.78 is 0. The summed E-state index contributed by atoms with van der Waals surface area (Å²) in [6, 6.07) is 8.97. The predicted octanol–water partition coefficient (Wildman–Crippen LogP) is 3.97. The standard InChI is InChI=1S/C14H15N3S2/c1-10(14-15-6-7-16-14)17-13(11-4-2-8-18-11)12-5-3-9-19-12/h2-10,13,17H,1H3,(H,15,16). The van der Waals surface area contributed by atoms with E-state index in [4.69, 9.17) is 0 Å². The number of nitrogens with zero attached hydrogens (tertiary/aromatic N) is 1. The van der Waals surface area contributed by atoms with Gasteiger partial charge in [-0.15, -0.1) is 22.7 Å². The zero-order chi connectivity index (χ0) is 13.1. The van der Waals surface area contributed by atoms with Gasteiger partial charge in [0.2, 0.25) is 0 Å². The van der Waals surface area contributed by atoms with Crippen molar-refractivity contribution in [3.8, 4) is 0 Å². The van der Waals surface area contributed by atoms with Crippen LogP contribution in [0.5, 0.6) is 0 Å². The third-order valence-corrected chi connectivity index (χ3v) is 4.88. The number of hydrogen-bond acceptors (Lipinski definition) is 4. The van der Waals surface area contributed by atoms with E-state index in [9.17, 15) is 0 Å². The molecule has 0 bridgehead atoms. The van der Waals surface area contributed by atoms with Gasteiger partial charge >= 0.3 is 0 Å². The molecule has 0 aliphatic carbocycles. The molecule has 3 heterocycles. The Bertz CT molecular complexity index is 550. The molecule has 0 saturated heterocycles. The number of aromatic nitrogens is 2. The highest BCUT2D eigenvalue weighted by molar-refractivity contribution is 7.11. The first kappa shape index (κ1) is 12.6. The minimum atomic E-state index is 0.184. The Hall–Kier alpha value is -1.43. The monoisotopic (exact) mass is 289 g/mol. The van der Waals surface area contributed by atoms with Crippen molar-refractivity contribution in [2.75, 3.05) is 0 Å². The molecule has 0 amide bonds. The van der Waals surface area contributed by atoms with Crippen LogP contribution >= 0.6 is 22.7 Å². The third kappa shape index (κ3) is 2.78. The van der Waals surface area contributed by atoms with Crippen LogP contribution in [0, 0.1) is 0 Å². The molecule has 1 atom stereocenters. The number of nitrogens with one attached hydrogen (secondary N) is 2. The Morgan fingerprint density at radius 2 is 1.84 bits per heavy atom. The Morgan fingerprint density at radius 1 is 1.16 bits per heavy atom. The topological polar surface area (TPSA) is 40.7 Å². The second-order valence-corrected chi connectivity index (χ2v) is 6.29. The van der Waals surface area contributed by atoms with Crippen molar-refractivity contribution in [2.24, 2.45) is 0 Å². The van der Waals surface area contributed by atoms with Crippen LogP contribution in [0.25, 0.3) is 0 Å². The van der Waals surface area contributed by atoms with Crippen molar-refractivity contribution in [3.63, 3.8) is 0 Å². The van der Waals surface area contributed by atoms with Crippen LogP contribution in [0.2, 0.25) is 0 Å². The maximum atomic E-state index is 4.32. The highest BCUT2D eigenvalue weighted by Crippen LogP contribution is 2.31. The van der Waals surface area contributed by atoms with Crippen LogP contribution in [0.3, 0.4) is 0 Å². The highest BCUT2D eigenvalue weighted by Gasteiger charge is 2.20. The summed E-state index contributed by atoms with van der Waals surface area (Å²) in [6.45, 7) is 2.13. The third-order valence-electron chi connectivity index (χ3n) is 3.00. The summed E-state index contributed by atoms with van der Waals surface area (Å²) in [4.78, 5) is 10.2. The van der Waals surface area contributed by atoms with Crippen molar-refractivity contribution >= 4 is 22.7 Å². The van der Waals surface area contributed by atoms with Gasteiger partial charge in [0, 0.05) is 22.1 Å². The molecule has 3 aromatic rings. The molecule has 1 unspecified atom stereocenters. The smallest absolute Gasteiger partial charge is 0.122 e. The Morgan fingerprint density at radius 3 is 2.32 bits per heavy atom. The van der Waals surface area contributed by atoms with Crippen LogP contribution < -0.4 is 5.32 Å². The predicted molar refractivity (Wildman–Crippen MR) is 80.6 cm³/mol. The van der Waals surface area contributed by atoms with Crippen molar-refractivity contribution in [1.29, 1.82) is 0 Å². The van der Waals surface area contributed by atoms with E-state index in [1.54, 1.807) is 28.9 Å². The van der Waals surface area contributed by atoms with Crippen LogP contribution in [0.4, 0.5) is 0 Å². The van der Waals surface area contributed by atoms with E-state index >= 15 is 0 Å². The lowest BCUT2D eigenvalue weighted by atomic mass is 10.1. The van der Waals surface area contributed by atoms with E-state index in [0.29, 0.717) is 0 Å². The number of aromatic amines is 1. The summed E-state index contributed by atoms with van der Waals surface area (Å²) in [5.41, 5.74) is 0. The van der Waals surface area contributed by atoms with Crippen LogP contribution in [0.15, 0.2) is 47.4 Å². The first-order valence-electron chi connectivity index (χ1n) is 6.16. The fourth-order valence-corrected chi connectivity index (χ4v) is 3.74. The lowest BCUT2D eigenvalue weighted by molar-refractivity contribution is 0.508. The molecule has 0 spiro atoms. The SMILES string of the molecule is CC(NC(c1cccs1)c1cccs1)c1ncc[nH]1. The van der Waals surface area contributed by atoms with Crippen LogP contribution in [0.1, 0.15) is 34.6 Å². The molecule has 19 heavy (non-hydrogen) atoms. The molecule has 3 nitrogen and oxygen atoms in total. The molecule has 0 aromatic carbocycles. The fraction of sp³-hybridized carbons (Fsp3) is 0.214. The molecule has 0 radical (unpaired) electrons. The zero-order valence-electron chi connectivity index (χ0n) is 10.5. The lowest BCUT2D eigenvalue weighted by Crippen LogP contribution is -2.25. The minimum Gasteiger partial charge on any atom is -0.347 e. The number of rotatable bonds is 5. The summed E-state index contributed by atoms with van der Waals surface area (Å²) in [6.07, 6.45) is 3.65. The van der Waals surface area contributed by atoms with E-state index in [1.165, 1.54) is 9.75 Å². The van der Waals surface area contributed by atoms with Gasteiger partial charge in [-0.25, -0.2) is 4.98 Å². The van der Waals surface area contributed by atoms with Crippen molar-refractivity contribution in [3.05, 3.63) is 63.0 Å².